The van der Waals surface area contributed by atoms with Crippen LogP contribution in [-0.4, -0.2) is 47.3 Å². The van der Waals surface area contributed by atoms with Crippen LogP contribution in [-0.2, 0) is 12.8 Å². The van der Waals surface area contributed by atoms with Gasteiger partial charge in [0.25, 0.3) is 0 Å². The van der Waals surface area contributed by atoms with Crippen molar-refractivity contribution in [3.63, 3.8) is 0 Å². The molecule has 1 aromatic heterocycles. The van der Waals surface area contributed by atoms with Crippen molar-refractivity contribution < 1.29 is 9.90 Å². The topological polar surface area (TPSA) is 65.5 Å². The summed E-state index contributed by atoms with van der Waals surface area (Å²) in [5.41, 5.74) is 0. The Morgan fingerprint density at radius 1 is 1.65 bits per heavy atom. The standard InChI is InChI=1S/C14H23N3O2S/c1-3-11-8-16-13(20-11)6-7-15-14(19)17(2)9-12(18)10-4-5-10/h8,10,12,18H,3-7,9H2,1-2H3,(H,15,19). The van der Waals surface area contributed by atoms with E-state index in [1.54, 1.807) is 23.3 Å². The van der Waals surface area contributed by atoms with E-state index in [4.69, 9.17) is 0 Å². The number of hydrogen-bond acceptors (Lipinski definition) is 4. The second-order valence-corrected chi connectivity index (χ2v) is 6.54. The minimum atomic E-state index is -0.378. The van der Waals surface area contributed by atoms with Crippen LogP contribution in [0, 0.1) is 5.92 Å². The molecule has 6 heteroatoms. The Labute approximate surface area is 124 Å². The smallest absolute Gasteiger partial charge is 0.317 e. The third kappa shape index (κ3) is 4.45. The molecule has 1 heterocycles. The molecule has 0 spiro atoms. The third-order valence-electron chi connectivity index (χ3n) is 3.54. The van der Waals surface area contributed by atoms with E-state index in [2.05, 4.69) is 17.2 Å². The normalized spacial score (nSPS) is 15.9. The molecule has 1 aliphatic carbocycles. The summed E-state index contributed by atoms with van der Waals surface area (Å²) in [6.45, 7) is 3.10. The van der Waals surface area contributed by atoms with Crippen LogP contribution < -0.4 is 5.32 Å². The Morgan fingerprint density at radius 3 is 3.00 bits per heavy atom. The maximum absolute atomic E-state index is 11.9. The molecule has 0 radical (unpaired) electrons. The molecule has 2 amide bonds. The zero-order chi connectivity index (χ0) is 14.5. The summed E-state index contributed by atoms with van der Waals surface area (Å²) in [5.74, 6) is 0.396. The summed E-state index contributed by atoms with van der Waals surface area (Å²) >= 11 is 1.70. The highest BCUT2D eigenvalue weighted by Gasteiger charge is 2.31. The van der Waals surface area contributed by atoms with Gasteiger partial charge in [0.05, 0.1) is 11.1 Å². The highest BCUT2D eigenvalue weighted by Crippen LogP contribution is 2.32. The van der Waals surface area contributed by atoms with E-state index >= 15 is 0 Å². The van der Waals surface area contributed by atoms with Crippen LogP contribution in [0.3, 0.4) is 0 Å². The van der Waals surface area contributed by atoms with Gasteiger partial charge in [-0.3, -0.25) is 0 Å². The Kier molecular flexibility index (Phi) is 5.37. The van der Waals surface area contributed by atoms with E-state index in [1.807, 2.05) is 6.20 Å². The van der Waals surface area contributed by atoms with Crippen LogP contribution >= 0.6 is 11.3 Å². The third-order valence-corrected chi connectivity index (χ3v) is 4.74. The molecular formula is C14H23N3O2S. The molecule has 1 aromatic rings. The van der Waals surface area contributed by atoms with Gasteiger partial charge in [-0.1, -0.05) is 6.92 Å². The molecule has 0 aromatic carbocycles. The number of carbonyl (C=O) groups is 1. The molecule has 20 heavy (non-hydrogen) atoms. The van der Waals surface area contributed by atoms with Gasteiger partial charge in [0, 0.05) is 37.6 Å². The average molecular weight is 297 g/mol. The van der Waals surface area contributed by atoms with Gasteiger partial charge < -0.3 is 15.3 Å². The molecule has 0 aliphatic heterocycles. The summed E-state index contributed by atoms with van der Waals surface area (Å²) in [7, 11) is 1.72. The number of aryl methyl sites for hydroxylation is 1. The summed E-state index contributed by atoms with van der Waals surface area (Å²) in [6.07, 6.45) is 5.46. The number of rotatable bonds is 7. The molecule has 112 valence electrons. The summed E-state index contributed by atoms with van der Waals surface area (Å²) in [6, 6.07) is -0.128. The fourth-order valence-electron chi connectivity index (χ4n) is 2.03. The van der Waals surface area contributed by atoms with Crippen LogP contribution in [0.25, 0.3) is 0 Å². The number of nitrogens with zero attached hydrogens (tertiary/aromatic N) is 2. The van der Waals surface area contributed by atoms with Gasteiger partial charge in [0.15, 0.2) is 0 Å². The van der Waals surface area contributed by atoms with Crippen LogP contribution in [0.5, 0.6) is 0 Å². The highest BCUT2D eigenvalue weighted by atomic mass is 32.1. The van der Waals surface area contributed by atoms with E-state index in [1.165, 1.54) is 4.88 Å². The van der Waals surface area contributed by atoms with Crippen molar-refractivity contribution in [3.05, 3.63) is 16.1 Å². The fraction of sp³-hybridized carbons (Fsp3) is 0.714. The monoisotopic (exact) mass is 297 g/mol. The number of thiazole rings is 1. The first-order valence-electron chi connectivity index (χ1n) is 7.20. The number of hydrogen-bond donors (Lipinski definition) is 2. The summed E-state index contributed by atoms with van der Waals surface area (Å²) in [5, 5.41) is 13.7. The zero-order valence-corrected chi connectivity index (χ0v) is 12.9. The number of aliphatic hydroxyl groups is 1. The molecule has 0 bridgehead atoms. The number of urea groups is 1. The number of nitrogens with one attached hydrogen (secondary N) is 1. The number of aromatic nitrogens is 1. The molecule has 2 N–H and O–H groups in total. The van der Waals surface area contributed by atoms with E-state index in [0.717, 1.165) is 30.7 Å². The number of aliphatic hydroxyl groups excluding tert-OH is 1. The highest BCUT2D eigenvalue weighted by molar-refractivity contribution is 7.11. The largest absolute Gasteiger partial charge is 0.391 e. The van der Waals surface area contributed by atoms with Gasteiger partial charge >= 0.3 is 6.03 Å². The van der Waals surface area contributed by atoms with Crippen molar-refractivity contribution in [1.82, 2.24) is 15.2 Å². The molecule has 1 fully saturated rings. The van der Waals surface area contributed by atoms with Crippen molar-refractivity contribution >= 4 is 17.4 Å². The second kappa shape index (κ2) is 7.04. The average Bonchev–Trinajstić information content (AvgIpc) is 3.19. The molecule has 1 saturated carbocycles. The van der Waals surface area contributed by atoms with Crippen molar-refractivity contribution in [1.29, 1.82) is 0 Å². The maximum Gasteiger partial charge on any atom is 0.317 e. The molecule has 2 rings (SSSR count). The Balaban J connectivity index is 1.65. The summed E-state index contributed by atoms with van der Waals surface area (Å²) in [4.78, 5) is 19.0. The minimum Gasteiger partial charge on any atom is -0.391 e. The first-order chi connectivity index (χ1) is 9.60. The second-order valence-electron chi connectivity index (χ2n) is 5.34. The van der Waals surface area contributed by atoms with E-state index < -0.39 is 0 Å². The van der Waals surface area contributed by atoms with E-state index in [-0.39, 0.29) is 12.1 Å². The lowest BCUT2D eigenvalue weighted by atomic mass is 10.2. The first kappa shape index (κ1) is 15.3. The number of amides is 2. The maximum atomic E-state index is 11.9. The van der Waals surface area contributed by atoms with E-state index in [9.17, 15) is 9.90 Å². The first-order valence-corrected chi connectivity index (χ1v) is 8.02. The molecular weight excluding hydrogens is 274 g/mol. The van der Waals surface area contributed by atoms with Crippen LogP contribution in [0.1, 0.15) is 29.7 Å². The molecule has 5 nitrogen and oxygen atoms in total. The van der Waals surface area contributed by atoms with Gasteiger partial charge in [-0.05, 0) is 25.2 Å². The Morgan fingerprint density at radius 2 is 2.40 bits per heavy atom. The Bertz CT molecular complexity index is 445. The molecule has 1 aliphatic rings. The zero-order valence-electron chi connectivity index (χ0n) is 12.1. The molecule has 0 saturated heterocycles. The van der Waals surface area contributed by atoms with Crippen LogP contribution in [0.15, 0.2) is 6.20 Å². The number of carbonyl (C=O) groups excluding carboxylic acids is 1. The van der Waals surface area contributed by atoms with Crippen molar-refractivity contribution in [2.45, 2.75) is 38.7 Å². The lowest BCUT2D eigenvalue weighted by Gasteiger charge is -2.21. The predicted octanol–water partition coefficient (Wildman–Crippen LogP) is 1.66. The fourth-order valence-corrected chi connectivity index (χ4v) is 2.89. The quantitative estimate of drug-likeness (QED) is 0.804. The summed E-state index contributed by atoms with van der Waals surface area (Å²) < 4.78 is 0. The van der Waals surface area contributed by atoms with Crippen LogP contribution in [0.4, 0.5) is 4.79 Å². The molecule has 1 unspecified atom stereocenters. The van der Waals surface area contributed by atoms with Gasteiger partial charge in [-0.25, -0.2) is 9.78 Å². The van der Waals surface area contributed by atoms with Gasteiger partial charge in [0.2, 0.25) is 0 Å². The van der Waals surface area contributed by atoms with Gasteiger partial charge in [-0.15, -0.1) is 11.3 Å². The predicted molar refractivity (Wildman–Crippen MR) is 80.0 cm³/mol. The Hall–Kier alpha value is -1.14. The lowest BCUT2D eigenvalue weighted by Crippen LogP contribution is -2.42. The molecule has 1 atom stereocenters. The van der Waals surface area contributed by atoms with Crippen LogP contribution in [0.2, 0.25) is 0 Å². The van der Waals surface area contributed by atoms with Gasteiger partial charge in [-0.2, -0.15) is 0 Å². The lowest BCUT2D eigenvalue weighted by molar-refractivity contribution is 0.113. The SMILES string of the molecule is CCc1cnc(CCNC(=O)N(C)CC(O)C2CC2)s1. The van der Waals surface area contributed by atoms with Gasteiger partial charge in [0.1, 0.15) is 0 Å². The number of likely N-dealkylation sites (N-methyl/N-ethyl adjacent to an activating group) is 1. The van der Waals surface area contributed by atoms with E-state index in [0.29, 0.717) is 19.0 Å². The minimum absolute atomic E-state index is 0.128. The van der Waals surface area contributed by atoms with Crippen molar-refractivity contribution in [3.8, 4) is 0 Å². The van der Waals surface area contributed by atoms with Crippen molar-refractivity contribution in [2.75, 3.05) is 20.1 Å². The van der Waals surface area contributed by atoms with Crippen molar-refractivity contribution in [2.24, 2.45) is 5.92 Å².